The number of aromatic nitrogens is 1. The van der Waals surface area contributed by atoms with Gasteiger partial charge >= 0.3 is 0 Å². The van der Waals surface area contributed by atoms with Crippen LogP contribution < -0.4 is 4.74 Å². The van der Waals surface area contributed by atoms with Crippen molar-refractivity contribution >= 4 is 23.2 Å². The third-order valence-corrected chi connectivity index (χ3v) is 3.03. The molecule has 2 rings (SSSR count). The minimum Gasteiger partial charge on any atom is -0.489 e. The minimum atomic E-state index is 0.347. The summed E-state index contributed by atoms with van der Waals surface area (Å²) >= 11 is 11.7. The second kappa shape index (κ2) is 6.75. The summed E-state index contributed by atoms with van der Waals surface area (Å²) in [5.74, 6) is 0.764. The molecule has 3 nitrogen and oxygen atoms in total. The van der Waals surface area contributed by atoms with Crippen LogP contribution in [0.25, 0.3) is 0 Å². The largest absolute Gasteiger partial charge is 0.489 e. The molecule has 19 heavy (non-hydrogen) atoms. The monoisotopic (exact) mass is 297 g/mol. The maximum atomic E-state index is 5.98. The van der Waals surface area contributed by atoms with Gasteiger partial charge < -0.3 is 9.47 Å². The molecule has 0 fully saturated rings. The molecule has 0 bridgehead atoms. The van der Waals surface area contributed by atoms with E-state index in [2.05, 4.69) is 4.98 Å². The van der Waals surface area contributed by atoms with E-state index < -0.39 is 0 Å². The number of nitrogens with zero attached hydrogens (tertiary/aromatic N) is 1. The summed E-state index contributed by atoms with van der Waals surface area (Å²) in [5, 5.41) is 0.733. The van der Waals surface area contributed by atoms with E-state index in [0.717, 1.165) is 16.9 Å². The first-order valence-electron chi connectivity index (χ1n) is 5.70. The highest BCUT2D eigenvalue weighted by molar-refractivity contribution is 6.32. The van der Waals surface area contributed by atoms with E-state index >= 15 is 0 Å². The van der Waals surface area contributed by atoms with Gasteiger partial charge in [0.2, 0.25) is 0 Å². The number of ether oxygens (including phenoxy) is 2. The average Bonchev–Trinajstić information content (AvgIpc) is 2.38. The van der Waals surface area contributed by atoms with E-state index in [9.17, 15) is 0 Å². The van der Waals surface area contributed by atoms with Crippen molar-refractivity contribution in [1.82, 2.24) is 4.98 Å². The van der Waals surface area contributed by atoms with Gasteiger partial charge in [-0.05, 0) is 29.8 Å². The lowest BCUT2D eigenvalue weighted by Gasteiger charge is -2.09. The highest BCUT2D eigenvalue weighted by Crippen LogP contribution is 2.20. The van der Waals surface area contributed by atoms with Gasteiger partial charge in [-0.15, -0.1) is 0 Å². The Morgan fingerprint density at radius 1 is 1.11 bits per heavy atom. The smallest absolute Gasteiger partial charge is 0.137 e. The van der Waals surface area contributed by atoms with Gasteiger partial charge in [0, 0.05) is 12.7 Å². The van der Waals surface area contributed by atoms with Gasteiger partial charge in [-0.25, -0.2) is 4.98 Å². The predicted octanol–water partition coefficient (Wildman–Crippen LogP) is 4.11. The number of halogens is 2. The first kappa shape index (κ1) is 14.1. The fraction of sp³-hybridized carbons (Fsp3) is 0.214. The van der Waals surface area contributed by atoms with Gasteiger partial charge in [0.1, 0.15) is 22.7 Å². The van der Waals surface area contributed by atoms with Crippen molar-refractivity contribution < 1.29 is 9.47 Å². The molecule has 0 aliphatic heterocycles. The van der Waals surface area contributed by atoms with E-state index in [1.807, 2.05) is 24.3 Å². The van der Waals surface area contributed by atoms with Crippen molar-refractivity contribution in [3.8, 4) is 5.75 Å². The standard InChI is InChI=1S/C14H13Cl2NO2/c1-18-8-10-3-2-4-12(7-10)19-9-11-5-6-13(15)17-14(11)16/h2-7H,8-9H2,1H3. The zero-order valence-electron chi connectivity index (χ0n) is 10.4. The van der Waals surface area contributed by atoms with E-state index in [1.54, 1.807) is 19.2 Å². The second-order valence-electron chi connectivity index (χ2n) is 3.95. The quantitative estimate of drug-likeness (QED) is 0.778. The lowest BCUT2D eigenvalue weighted by atomic mass is 10.2. The van der Waals surface area contributed by atoms with Gasteiger partial charge in [0.25, 0.3) is 0 Å². The Morgan fingerprint density at radius 3 is 2.68 bits per heavy atom. The molecule has 0 radical (unpaired) electrons. The Morgan fingerprint density at radius 2 is 1.95 bits per heavy atom. The molecule has 0 N–H and O–H groups in total. The Labute approximate surface area is 122 Å². The Balaban J connectivity index is 2.03. The van der Waals surface area contributed by atoms with Crippen LogP contribution in [0.4, 0.5) is 0 Å². The maximum absolute atomic E-state index is 5.98. The van der Waals surface area contributed by atoms with Crippen LogP contribution in [0, 0.1) is 0 Å². The molecule has 0 saturated heterocycles. The highest BCUT2D eigenvalue weighted by atomic mass is 35.5. The van der Waals surface area contributed by atoms with Crippen LogP contribution in [0.2, 0.25) is 10.3 Å². The predicted molar refractivity (Wildman–Crippen MR) is 75.7 cm³/mol. The zero-order chi connectivity index (χ0) is 13.7. The van der Waals surface area contributed by atoms with Crippen LogP contribution in [0.15, 0.2) is 36.4 Å². The maximum Gasteiger partial charge on any atom is 0.137 e. The molecule has 1 heterocycles. The van der Waals surface area contributed by atoms with Crippen molar-refractivity contribution in [3.05, 3.63) is 57.8 Å². The minimum absolute atomic E-state index is 0.347. The van der Waals surface area contributed by atoms with E-state index in [1.165, 1.54) is 0 Å². The molecule has 1 aromatic heterocycles. The summed E-state index contributed by atoms with van der Waals surface area (Å²) in [6.07, 6.45) is 0. The summed E-state index contributed by atoms with van der Waals surface area (Å²) in [6.45, 7) is 0.903. The third-order valence-electron chi connectivity index (χ3n) is 2.50. The van der Waals surface area contributed by atoms with Crippen LogP contribution in [-0.4, -0.2) is 12.1 Å². The SMILES string of the molecule is COCc1cccc(OCc2ccc(Cl)nc2Cl)c1. The van der Waals surface area contributed by atoms with Crippen LogP contribution in [0.3, 0.4) is 0 Å². The van der Waals surface area contributed by atoms with E-state index in [-0.39, 0.29) is 0 Å². The molecule has 0 atom stereocenters. The summed E-state index contributed by atoms with van der Waals surface area (Å²) < 4.78 is 10.8. The summed E-state index contributed by atoms with van der Waals surface area (Å²) in [5.41, 5.74) is 1.85. The number of hydrogen-bond donors (Lipinski definition) is 0. The van der Waals surface area contributed by atoms with Gasteiger partial charge in [-0.3, -0.25) is 0 Å². The first-order chi connectivity index (χ1) is 9.19. The highest BCUT2D eigenvalue weighted by Gasteiger charge is 2.04. The molecule has 0 aliphatic rings. The van der Waals surface area contributed by atoms with Gasteiger partial charge in [0.15, 0.2) is 0 Å². The fourth-order valence-corrected chi connectivity index (χ4v) is 2.00. The van der Waals surface area contributed by atoms with Crippen LogP contribution in [0.1, 0.15) is 11.1 Å². The van der Waals surface area contributed by atoms with E-state index in [0.29, 0.717) is 23.5 Å². The number of rotatable bonds is 5. The van der Waals surface area contributed by atoms with Gasteiger partial charge in [0.05, 0.1) is 6.61 Å². The summed E-state index contributed by atoms with van der Waals surface area (Å²) in [4.78, 5) is 3.96. The molecule has 0 saturated carbocycles. The number of benzene rings is 1. The molecule has 2 aromatic rings. The summed E-state index contributed by atoms with van der Waals surface area (Å²) in [7, 11) is 1.66. The Bertz CT molecular complexity index is 561. The molecule has 0 amide bonds. The van der Waals surface area contributed by atoms with Crippen LogP contribution >= 0.6 is 23.2 Å². The molecule has 0 unspecified atom stereocenters. The van der Waals surface area contributed by atoms with Crippen molar-refractivity contribution in [2.24, 2.45) is 0 Å². The average molecular weight is 298 g/mol. The Kier molecular flexibility index (Phi) is 5.02. The van der Waals surface area contributed by atoms with Gasteiger partial charge in [-0.2, -0.15) is 0 Å². The topological polar surface area (TPSA) is 31.4 Å². The fourth-order valence-electron chi connectivity index (χ4n) is 1.60. The first-order valence-corrected chi connectivity index (χ1v) is 6.46. The molecular formula is C14H13Cl2NO2. The van der Waals surface area contributed by atoms with Gasteiger partial charge in [-0.1, -0.05) is 35.3 Å². The van der Waals surface area contributed by atoms with Crippen molar-refractivity contribution in [2.45, 2.75) is 13.2 Å². The van der Waals surface area contributed by atoms with Crippen molar-refractivity contribution in [1.29, 1.82) is 0 Å². The van der Waals surface area contributed by atoms with Crippen LogP contribution in [0.5, 0.6) is 5.75 Å². The second-order valence-corrected chi connectivity index (χ2v) is 4.70. The molecule has 100 valence electrons. The van der Waals surface area contributed by atoms with Crippen LogP contribution in [-0.2, 0) is 18.0 Å². The number of hydrogen-bond acceptors (Lipinski definition) is 3. The zero-order valence-corrected chi connectivity index (χ0v) is 11.9. The molecular weight excluding hydrogens is 285 g/mol. The Hall–Kier alpha value is -1.29. The molecule has 1 aromatic carbocycles. The van der Waals surface area contributed by atoms with Crippen molar-refractivity contribution in [3.63, 3.8) is 0 Å². The molecule has 0 spiro atoms. The third kappa shape index (κ3) is 4.10. The van der Waals surface area contributed by atoms with Crippen molar-refractivity contribution in [2.75, 3.05) is 7.11 Å². The van der Waals surface area contributed by atoms with E-state index in [4.69, 9.17) is 32.7 Å². The summed E-state index contributed by atoms with van der Waals surface area (Å²) in [6, 6.07) is 11.2. The lowest BCUT2D eigenvalue weighted by Crippen LogP contribution is -1.98. The molecule has 0 aliphatic carbocycles. The molecule has 5 heteroatoms. The number of methoxy groups -OCH3 is 1. The normalized spacial score (nSPS) is 10.5. The lowest BCUT2D eigenvalue weighted by molar-refractivity contribution is 0.184. The number of pyridine rings is 1.